The molecule has 0 atom stereocenters. The van der Waals surface area contributed by atoms with E-state index in [1.165, 1.54) is 43.1 Å². The largest absolute Gasteiger partial charge is 0.309 e. The summed E-state index contributed by atoms with van der Waals surface area (Å²) in [7, 11) is 0. The number of fused-ring (bicyclic) bond motifs is 7. The third-order valence-corrected chi connectivity index (χ3v) is 11.0. The normalized spacial score (nSPS) is 11.8. The molecular weight excluding hydrogens is 651 g/mol. The minimum absolute atomic E-state index is 0.719. The van der Waals surface area contributed by atoms with E-state index in [2.05, 4.69) is 156 Å². The molecule has 4 heteroatoms. The maximum Gasteiger partial charge on any atom is 0.160 e. The van der Waals surface area contributed by atoms with Gasteiger partial charge in [0.05, 0.1) is 22.6 Å². The van der Waals surface area contributed by atoms with Crippen molar-refractivity contribution in [3.05, 3.63) is 188 Å². The molecule has 0 unspecified atom stereocenters. The van der Waals surface area contributed by atoms with Gasteiger partial charge in [-0.05, 0) is 53.1 Å². The van der Waals surface area contributed by atoms with E-state index in [0.29, 0.717) is 0 Å². The molecule has 1 aliphatic heterocycles. The van der Waals surface area contributed by atoms with Gasteiger partial charge < -0.3 is 4.57 Å². The van der Waals surface area contributed by atoms with Crippen LogP contribution in [-0.2, 0) is 0 Å². The van der Waals surface area contributed by atoms with Gasteiger partial charge in [-0.3, -0.25) is 0 Å². The first-order valence-corrected chi connectivity index (χ1v) is 18.3. The SMILES string of the molecule is c1ccc(-c2cc(-c3ccc(-c4ccc(-n5c6c(c7ccccc75)-c5ccccc5Sc5ccccc5-6)cc4)cc3)nc(-c3ccccc3)n2)cc1. The van der Waals surface area contributed by atoms with Crippen LogP contribution in [0, 0.1) is 0 Å². The zero-order chi connectivity index (χ0) is 34.4. The fourth-order valence-electron chi connectivity index (χ4n) is 7.37. The highest BCUT2D eigenvalue weighted by atomic mass is 32.2. The molecule has 2 aromatic heterocycles. The van der Waals surface area contributed by atoms with E-state index < -0.39 is 0 Å². The van der Waals surface area contributed by atoms with Crippen LogP contribution in [0.5, 0.6) is 0 Å². The van der Waals surface area contributed by atoms with E-state index in [0.717, 1.165) is 50.7 Å². The first-order chi connectivity index (χ1) is 25.8. The van der Waals surface area contributed by atoms with Crippen LogP contribution in [0.15, 0.2) is 198 Å². The number of hydrogen-bond acceptors (Lipinski definition) is 3. The molecule has 3 heterocycles. The van der Waals surface area contributed by atoms with Crippen molar-refractivity contribution in [2.45, 2.75) is 9.79 Å². The Hall–Kier alpha value is -6.49. The second-order valence-corrected chi connectivity index (χ2v) is 14.1. The van der Waals surface area contributed by atoms with Gasteiger partial charge in [0.15, 0.2) is 5.82 Å². The molecule has 0 saturated heterocycles. The zero-order valence-electron chi connectivity index (χ0n) is 28.1. The highest BCUT2D eigenvalue weighted by molar-refractivity contribution is 7.99. The molecule has 0 N–H and O–H groups in total. The van der Waals surface area contributed by atoms with Crippen molar-refractivity contribution in [2.75, 3.05) is 0 Å². The molecule has 244 valence electrons. The van der Waals surface area contributed by atoms with E-state index in [1.807, 2.05) is 48.2 Å². The van der Waals surface area contributed by atoms with Crippen LogP contribution >= 0.6 is 11.8 Å². The van der Waals surface area contributed by atoms with Crippen molar-refractivity contribution in [2.24, 2.45) is 0 Å². The molecule has 0 aliphatic carbocycles. The van der Waals surface area contributed by atoms with Crippen LogP contribution in [0.25, 0.3) is 84.0 Å². The number of para-hydroxylation sites is 1. The van der Waals surface area contributed by atoms with Gasteiger partial charge in [0.1, 0.15) is 0 Å². The van der Waals surface area contributed by atoms with Crippen molar-refractivity contribution < 1.29 is 0 Å². The van der Waals surface area contributed by atoms with Crippen LogP contribution in [-0.4, -0.2) is 14.5 Å². The van der Waals surface area contributed by atoms with Gasteiger partial charge >= 0.3 is 0 Å². The molecule has 0 bridgehead atoms. The van der Waals surface area contributed by atoms with Crippen LogP contribution in [0.1, 0.15) is 0 Å². The number of hydrogen-bond donors (Lipinski definition) is 0. The zero-order valence-corrected chi connectivity index (χ0v) is 29.0. The van der Waals surface area contributed by atoms with Crippen LogP contribution in [0.3, 0.4) is 0 Å². The molecule has 0 saturated carbocycles. The fourth-order valence-corrected chi connectivity index (χ4v) is 8.46. The maximum atomic E-state index is 5.02. The fraction of sp³-hybridized carbons (Fsp3) is 0. The summed E-state index contributed by atoms with van der Waals surface area (Å²) in [5.74, 6) is 0.719. The molecule has 1 aliphatic rings. The van der Waals surface area contributed by atoms with Gasteiger partial charge in [0.2, 0.25) is 0 Å². The van der Waals surface area contributed by atoms with Crippen molar-refractivity contribution in [3.63, 3.8) is 0 Å². The van der Waals surface area contributed by atoms with E-state index in [4.69, 9.17) is 9.97 Å². The second-order valence-electron chi connectivity index (χ2n) is 13.0. The highest BCUT2D eigenvalue weighted by Gasteiger charge is 2.27. The average molecular weight is 682 g/mol. The lowest BCUT2D eigenvalue weighted by molar-refractivity contribution is 1.13. The van der Waals surface area contributed by atoms with Crippen molar-refractivity contribution in [1.29, 1.82) is 0 Å². The third-order valence-electron chi connectivity index (χ3n) is 9.86. The monoisotopic (exact) mass is 681 g/mol. The molecule has 52 heavy (non-hydrogen) atoms. The quantitative estimate of drug-likeness (QED) is 0.181. The van der Waals surface area contributed by atoms with Crippen molar-refractivity contribution in [3.8, 4) is 73.1 Å². The lowest BCUT2D eigenvalue weighted by Gasteiger charge is -2.14. The van der Waals surface area contributed by atoms with Gasteiger partial charge in [0.25, 0.3) is 0 Å². The molecule has 9 aromatic rings. The molecular formula is C48H31N3S. The molecule has 0 amide bonds. The Morgan fingerprint density at radius 3 is 1.60 bits per heavy atom. The first-order valence-electron chi connectivity index (χ1n) is 17.5. The minimum Gasteiger partial charge on any atom is -0.309 e. The van der Waals surface area contributed by atoms with E-state index in [-0.39, 0.29) is 0 Å². The molecule has 10 rings (SSSR count). The van der Waals surface area contributed by atoms with Gasteiger partial charge in [-0.25, -0.2) is 9.97 Å². The molecule has 3 nitrogen and oxygen atoms in total. The summed E-state index contributed by atoms with van der Waals surface area (Å²) < 4.78 is 2.45. The van der Waals surface area contributed by atoms with Crippen molar-refractivity contribution in [1.82, 2.24) is 14.5 Å². The van der Waals surface area contributed by atoms with Crippen molar-refractivity contribution >= 4 is 22.7 Å². The Balaban J connectivity index is 1.04. The standard InChI is InChI=1S/C48H31N3S/c1-3-13-34(14-4-1)41-31-42(50-48(49-41)36-15-5-2-6-16-36)35-25-23-32(24-26-35)33-27-29-37(30-28-33)51-43-20-10-7-17-38(43)46-39-18-8-11-21-44(39)52-45-22-12-9-19-40(45)47(46)51/h1-31H. The van der Waals surface area contributed by atoms with Crippen LogP contribution < -0.4 is 0 Å². The second kappa shape index (κ2) is 12.7. The summed E-state index contributed by atoms with van der Waals surface area (Å²) in [6.45, 7) is 0. The summed E-state index contributed by atoms with van der Waals surface area (Å²) in [5.41, 5.74) is 14.6. The van der Waals surface area contributed by atoms with Gasteiger partial charge in [-0.15, -0.1) is 0 Å². The predicted molar refractivity (Wildman–Crippen MR) is 216 cm³/mol. The Kier molecular flexibility index (Phi) is 7.40. The molecule has 0 spiro atoms. The van der Waals surface area contributed by atoms with E-state index in [1.54, 1.807) is 0 Å². The van der Waals surface area contributed by atoms with Crippen LogP contribution in [0.4, 0.5) is 0 Å². The van der Waals surface area contributed by atoms with Gasteiger partial charge in [-0.1, -0.05) is 163 Å². The molecule has 0 fully saturated rings. The van der Waals surface area contributed by atoms with E-state index >= 15 is 0 Å². The Bertz CT molecular complexity index is 2670. The summed E-state index contributed by atoms with van der Waals surface area (Å²) in [6.07, 6.45) is 0. The lowest BCUT2D eigenvalue weighted by Crippen LogP contribution is -1.98. The summed E-state index contributed by atoms with van der Waals surface area (Å²) in [5, 5.41) is 1.26. The predicted octanol–water partition coefficient (Wildman–Crippen LogP) is 12.9. The van der Waals surface area contributed by atoms with E-state index in [9.17, 15) is 0 Å². The first kappa shape index (κ1) is 30.3. The highest BCUT2D eigenvalue weighted by Crippen LogP contribution is 2.52. The number of rotatable bonds is 5. The molecule has 0 radical (unpaired) electrons. The van der Waals surface area contributed by atoms with Gasteiger partial charge in [0, 0.05) is 48.7 Å². The molecule has 7 aromatic carbocycles. The number of aromatic nitrogens is 3. The summed E-state index contributed by atoms with van der Waals surface area (Å²) in [4.78, 5) is 12.5. The smallest absolute Gasteiger partial charge is 0.160 e. The number of nitrogens with zero attached hydrogens (tertiary/aromatic N) is 3. The summed E-state index contributed by atoms with van der Waals surface area (Å²) in [6, 6.07) is 66.7. The topological polar surface area (TPSA) is 30.7 Å². The van der Waals surface area contributed by atoms with Crippen LogP contribution in [0.2, 0.25) is 0 Å². The number of benzene rings is 7. The Morgan fingerprint density at radius 2 is 0.904 bits per heavy atom. The Labute approximate surface area is 306 Å². The average Bonchev–Trinajstić information content (AvgIpc) is 3.49. The third kappa shape index (κ3) is 5.24. The minimum atomic E-state index is 0.719. The Morgan fingerprint density at radius 1 is 0.404 bits per heavy atom. The lowest BCUT2D eigenvalue weighted by atomic mass is 9.98. The maximum absolute atomic E-state index is 5.02. The van der Waals surface area contributed by atoms with Gasteiger partial charge in [-0.2, -0.15) is 0 Å². The summed E-state index contributed by atoms with van der Waals surface area (Å²) >= 11 is 1.85.